The topological polar surface area (TPSA) is 39.4 Å². The maximum atomic E-state index is 10.3. The smallest absolute Gasteiger partial charge is 0.134 e. The predicted octanol–water partition coefficient (Wildman–Crippen LogP) is 3.79. The minimum Gasteiger partial charge on any atom is -0.497 e. The first-order valence-corrected chi connectivity index (χ1v) is 6.42. The fourth-order valence-electron chi connectivity index (χ4n) is 2.01. The Hall–Kier alpha value is -2.03. The van der Waals surface area contributed by atoms with Gasteiger partial charge in [-0.15, -0.1) is 0 Å². The molecule has 0 aliphatic carbocycles. The van der Waals surface area contributed by atoms with E-state index >= 15 is 0 Å². The van der Waals surface area contributed by atoms with E-state index in [1.54, 1.807) is 7.11 Å². The summed E-state index contributed by atoms with van der Waals surface area (Å²) in [5, 5.41) is 0. The molecule has 1 aromatic carbocycles. The van der Waals surface area contributed by atoms with Crippen LogP contribution in [0.15, 0.2) is 34.7 Å². The summed E-state index contributed by atoms with van der Waals surface area (Å²) < 4.78 is 11.0. The van der Waals surface area contributed by atoms with Crippen molar-refractivity contribution >= 4 is 6.29 Å². The van der Waals surface area contributed by atoms with E-state index in [9.17, 15) is 4.79 Å². The Bertz CT molecular complexity index is 538. The van der Waals surface area contributed by atoms with Gasteiger partial charge in [-0.1, -0.05) is 0 Å². The molecule has 2 rings (SSSR count). The van der Waals surface area contributed by atoms with Gasteiger partial charge in [0.2, 0.25) is 0 Å². The fraction of sp³-hybridized carbons (Fsp3) is 0.312. The highest BCUT2D eigenvalue weighted by atomic mass is 16.5. The number of aryl methyl sites for hydroxylation is 2. The summed E-state index contributed by atoms with van der Waals surface area (Å²) in [4.78, 5) is 10.3. The number of aldehydes is 1. The standard InChI is InChI=1S/C16H18O3/c1-12-11-16(19-15(12)5-3-4-10-17)13-6-8-14(18-2)9-7-13/h6-11H,3-5H2,1-2H3. The molecule has 2 aromatic rings. The van der Waals surface area contributed by atoms with Crippen molar-refractivity contribution in [3.63, 3.8) is 0 Å². The first-order valence-electron chi connectivity index (χ1n) is 6.42. The lowest BCUT2D eigenvalue weighted by Gasteiger charge is -2.01. The zero-order chi connectivity index (χ0) is 13.7. The van der Waals surface area contributed by atoms with Gasteiger partial charge in [-0.05, 0) is 49.2 Å². The molecule has 100 valence electrons. The van der Waals surface area contributed by atoms with Crippen LogP contribution in [0.1, 0.15) is 24.2 Å². The van der Waals surface area contributed by atoms with E-state index in [1.807, 2.05) is 37.3 Å². The van der Waals surface area contributed by atoms with Crippen molar-refractivity contribution in [2.45, 2.75) is 26.2 Å². The number of carbonyl (C=O) groups is 1. The third-order valence-corrected chi connectivity index (χ3v) is 3.12. The maximum Gasteiger partial charge on any atom is 0.134 e. The molecular weight excluding hydrogens is 240 g/mol. The van der Waals surface area contributed by atoms with Crippen LogP contribution in [0, 0.1) is 6.92 Å². The minimum atomic E-state index is 0.581. The molecule has 0 fully saturated rings. The van der Waals surface area contributed by atoms with Gasteiger partial charge in [-0.2, -0.15) is 0 Å². The van der Waals surface area contributed by atoms with E-state index in [0.717, 1.165) is 47.5 Å². The van der Waals surface area contributed by atoms with Crippen molar-refractivity contribution in [2.75, 3.05) is 7.11 Å². The number of hydrogen-bond donors (Lipinski definition) is 0. The van der Waals surface area contributed by atoms with Gasteiger partial charge in [0, 0.05) is 18.4 Å². The average molecular weight is 258 g/mol. The molecule has 3 nitrogen and oxygen atoms in total. The van der Waals surface area contributed by atoms with Crippen molar-refractivity contribution in [2.24, 2.45) is 0 Å². The Morgan fingerprint density at radius 1 is 1.26 bits per heavy atom. The van der Waals surface area contributed by atoms with Crippen LogP contribution in [0.25, 0.3) is 11.3 Å². The van der Waals surface area contributed by atoms with Crippen LogP contribution in [-0.2, 0) is 11.2 Å². The molecule has 0 N–H and O–H groups in total. The van der Waals surface area contributed by atoms with Gasteiger partial charge in [0.25, 0.3) is 0 Å². The summed E-state index contributed by atoms with van der Waals surface area (Å²) >= 11 is 0. The molecule has 3 heteroatoms. The molecule has 19 heavy (non-hydrogen) atoms. The van der Waals surface area contributed by atoms with Crippen molar-refractivity contribution in [1.29, 1.82) is 0 Å². The minimum absolute atomic E-state index is 0.581. The first kappa shape index (κ1) is 13.4. The van der Waals surface area contributed by atoms with E-state index in [4.69, 9.17) is 9.15 Å². The van der Waals surface area contributed by atoms with Crippen LogP contribution >= 0.6 is 0 Å². The van der Waals surface area contributed by atoms with Crippen molar-refractivity contribution in [1.82, 2.24) is 0 Å². The first-order chi connectivity index (χ1) is 9.24. The summed E-state index contributed by atoms with van der Waals surface area (Å²) in [5.74, 6) is 2.66. The lowest BCUT2D eigenvalue weighted by atomic mass is 10.1. The van der Waals surface area contributed by atoms with Crippen LogP contribution in [0.3, 0.4) is 0 Å². The van der Waals surface area contributed by atoms with Crippen molar-refractivity contribution < 1.29 is 13.9 Å². The molecule has 0 saturated carbocycles. The van der Waals surface area contributed by atoms with E-state index in [-0.39, 0.29) is 0 Å². The Kier molecular flexibility index (Phi) is 4.39. The van der Waals surface area contributed by atoms with Crippen LogP contribution in [-0.4, -0.2) is 13.4 Å². The summed E-state index contributed by atoms with van der Waals surface area (Å²) in [6.45, 7) is 2.03. The van der Waals surface area contributed by atoms with Gasteiger partial charge in [0.15, 0.2) is 0 Å². The summed E-state index contributed by atoms with van der Waals surface area (Å²) in [7, 11) is 1.65. The highest BCUT2D eigenvalue weighted by Gasteiger charge is 2.09. The van der Waals surface area contributed by atoms with E-state index < -0.39 is 0 Å². The molecule has 0 unspecified atom stereocenters. The average Bonchev–Trinajstić information content (AvgIpc) is 2.81. The largest absolute Gasteiger partial charge is 0.497 e. The summed E-state index contributed by atoms with van der Waals surface area (Å²) in [6, 6.07) is 9.83. The summed E-state index contributed by atoms with van der Waals surface area (Å²) in [6.07, 6.45) is 3.17. The molecule has 0 aliphatic rings. The summed E-state index contributed by atoms with van der Waals surface area (Å²) in [5.41, 5.74) is 2.17. The van der Waals surface area contributed by atoms with E-state index in [2.05, 4.69) is 0 Å². The molecule has 0 saturated heterocycles. The van der Waals surface area contributed by atoms with Crippen LogP contribution < -0.4 is 4.74 Å². The zero-order valence-corrected chi connectivity index (χ0v) is 11.3. The number of rotatable bonds is 6. The van der Waals surface area contributed by atoms with Gasteiger partial charge >= 0.3 is 0 Å². The predicted molar refractivity (Wildman–Crippen MR) is 74.4 cm³/mol. The van der Waals surface area contributed by atoms with Crippen molar-refractivity contribution in [3.05, 3.63) is 41.7 Å². The number of hydrogen-bond acceptors (Lipinski definition) is 3. The lowest BCUT2D eigenvalue weighted by molar-refractivity contribution is -0.107. The van der Waals surface area contributed by atoms with E-state index in [1.165, 1.54) is 0 Å². The zero-order valence-electron chi connectivity index (χ0n) is 11.3. The Morgan fingerprint density at radius 3 is 2.63 bits per heavy atom. The molecule has 1 heterocycles. The quantitative estimate of drug-likeness (QED) is 0.584. The van der Waals surface area contributed by atoms with E-state index in [0.29, 0.717) is 6.42 Å². The molecule has 0 spiro atoms. The Morgan fingerprint density at radius 2 is 2.00 bits per heavy atom. The van der Waals surface area contributed by atoms with Gasteiger partial charge in [-0.25, -0.2) is 0 Å². The highest BCUT2D eigenvalue weighted by molar-refractivity contribution is 5.60. The molecule has 0 atom stereocenters. The number of furan rings is 1. The second kappa shape index (κ2) is 6.23. The Balaban J connectivity index is 2.15. The number of methoxy groups -OCH3 is 1. The second-order valence-corrected chi connectivity index (χ2v) is 4.50. The van der Waals surface area contributed by atoms with Crippen molar-refractivity contribution in [3.8, 4) is 17.1 Å². The number of unbranched alkanes of at least 4 members (excludes halogenated alkanes) is 1. The molecule has 0 aliphatic heterocycles. The maximum absolute atomic E-state index is 10.3. The monoisotopic (exact) mass is 258 g/mol. The third-order valence-electron chi connectivity index (χ3n) is 3.12. The van der Waals surface area contributed by atoms with Gasteiger partial charge < -0.3 is 13.9 Å². The molecule has 0 radical (unpaired) electrons. The highest BCUT2D eigenvalue weighted by Crippen LogP contribution is 2.27. The molecular formula is C16H18O3. The number of carbonyl (C=O) groups excluding carboxylic acids is 1. The van der Waals surface area contributed by atoms with Gasteiger partial charge in [0.05, 0.1) is 7.11 Å². The number of ether oxygens (including phenoxy) is 1. The third kappa shape index (κ3) is 3.25. The number of benzene rings is 1. The molecule has 1 aromatic heterocycles. The Labute approximate surface area is 113 Å². The van der Waals surface area contributed by atoms with Gasteiger partial charge in [-0.3, -0.25) is 0 Å². The normalized spacial score (nSPS) is 10.4. The van der Waals surface area contributed by atoms with Crippen LogP contribution in [0.5, 0.6) is 5.75 Å². The van der Waals surface area contributed by atoms with Gasteiger partial charge in [0.1, 0.15) is 23.6 Å². The molecule has 0 amide bonds. The fourth-order valence-corrected chi connectivity index (χ4v) is 2.01. The van der Waals surface area contributed by atoms with Crippen LogP contribution in [0.2, 0.25) is 0 Å². The SMILES string of the molecule is COc1ccc(-c2cc(C)c(CCCC=O)o2)cc1. The second-order valence-electron chi connectivity index (χ2n) is 4.50. The van der Waals surface area contributed by atoms with Crippen LogP contribution in [0.4, 0.5) is 0 Å². The lowest BCUT2D eigenvalue weighted by Crippen LogP contribution is -1.85. The molecule has 0 bridgehead atoms.